The van der Waals surface area contributed by atoms with Crippen LogP contribution in [0.4, 0.5) is 4.79 Å². The fourth-order valence-electron chi connectivity index (χ4n) is 4.22. The van der Waals surface area contributed by atoms with Crippen LogP contribution >= 0.6 is 12.4 Å². The SMILES string of the molecule is Cl.NC[C@@H]1CN(C(=O)OCC2c3ccccc3-c3ccccc32)C[C@@H]1C(=O)O. The Morgan fingerprint density at radius 1 is 1.04 bits per heavy atom. The lowest BCUT2D eigenvalue weighted by Crippen LogP contribution is -2.31. The van der Waals surface area contributed by atoms with Crippen LogP contribution in [0.2, 0.25) is 0 Å². The molecule has 0 saturated carbocycles. The van der Waals surface area contributed by atoms with Crippen molar-refractivity contribution < 1.29 is 19.4 Å². The highest BCUT2D eigenvalue weighted by Gasteiger charge is 2.40. The van der Waals surface area contributed by atoms with Crippen molar-refractivity contribution in [2.75, 3.05) is 26.2 Å². The Morgan fingerprint density at radius 2 is 1.61 bits per heavy atom. The molecule has 7 heteroatoms. The summed E-state index contributed by atoms with van der Waals surface area (Å²) in [6, 6.07) is 16.3. The summed E-state index contributed by atoms with van der Waals surface area (Å²) in [6.45, 7) is 0.941. The zero-order valence-corrected chi connectivity index (χ0v) is 16.1. The average molecular weight is 403 g/mol. The molecule has 6 nitrogen and oxygen atoms in total. The summed E-state index contributed by atoms with van der Waals surface area (Å²) < 4.78 is 5.60. The number of carbonyl (C=O) groups excluding carboxylic acids is 1. The summed E-state index contributed by atoms with van der Waals surface area (Å²) in [5.74, 6) is -1.79. The smallest absolute Gasteiger partial charge is 0.409 e. The molecule has 1 fully saturated rings. The molecule has 0 spiro atoms. The first-order valence-electron chi connectivity index (χ1n) is 9.13. The first kappa shape index (κ1) is 20.2. The number of likely N-dealkylation sites (tertiary alicyclic amines) is 1. The standard InChI is InChI=1S/C21H22N2O4.ClH/c22-9-13-10-23(11-18(13)20(24)25)21(26)27-12-19-16-7-3-1-5-14(16)15-6-2-4-8-17(15)19;/h1-8,13,18-19H,9-12,22H2,(H,24,25);1H/t13-,18+;/m1./s1. The number of benzene rings is 2. The number of nitrogens with zero attached hydrogens (tertiary/aromatic N) is 1. The van der Waals surface area contributed by atoms with Crippen molar-refractivity contribution in [1.29, 1.82) is 0 Å². The van der Waals surface area contributed by atoms with Crippen LogP contribution in [0.25, 0.3) is 11.1 Å². The van der Waals surface area contributed by atoms with Crippen LogP contribution in [-0.4, -0.2) is 48.3 Å². The molecule has 1 heterocycles. The number of halogens is 1. The molecule has 1 amide bonds. The van der Waals surface area contributed by atoms with Crippen molar-refractivity contribution in [2.45, 2.75) is 5.92 Å². The second-order valence-corrected chi connectivity index (χ2v) is 7.15. The summed E-state index contributed by atoms with van der Waals surface area (Å²) in [4.78, 5) is 25.3. The van der Waals surface area contributed by atoms with Crippen LogP contribution < -0.4 is 5.73 Å². The molecule has 28 heavy (non-hydrogen) atoms. The van der Waals surface area contributed by atoms with E-state index < -0.39 is 18.0 Å². The first-order chi connectivity index (χ1) is 13.1. The third kappa shape index (κ3) is 3.45. The predicted octanol–water partition coefficient (Wildman–Crippen LogP) is 2.95. The Bertz CT molecular complexity index is 843. The van der Waals surface area contributed by atoms with E-state index >= 15 is 0 Å². The number of aliphatic carboxylic acids is 1. The Labute approximate surface area is 169 Å². The second-order valence-electron chi connectivity index (χ2n) is 7.15. The van der Waals surface area contributed by atoms with Crippen LogP contribution in [0, 0.1) is 11.8 Å². The molecule has 0 unspecified atom stereocenters. The van der Waals surface area contributed by atoms with Gasteiger partial charge < -0.3 is 20.5 Å². The van der Waals surface area contributed by atoms with E-state index in [4.69, 9.17) is 10.5 Å². The minimum atomic E-state index is -0.917. The molecular formula is C21H23ClN2O4. The van der Waals surface area contributed by atoms with E-state index in [1.54, 1.807) is 0 Å². The molecule has 1 aliphatic carbocycles. The largest absolute Gasteiger partial charge is 0.481 e. The van der Waals surface area contributed by atoms with Crippen LogP contribution in [0.1, 0.15) is 17.0 Å². The van der Waals surface area contributed by atoms with Gasteiger partial charge in [0.1, 0.15) is 6.61 Å². The quantitative estimate of drug-likeness (QED) is 0.820. The van der Waals surface area contributed by atoms with Gasteiger partial charge in [0.2, 0.25) is 0 Å². The molecule has 2 atom stereocenters. The highest BCUT2D eigenvalue weighted by molar-refractivity contribution is 5.85. The number of rotatable bonds is 4. The number of nitrogens with two attached hydrogens (primary N) is 1. The number of carbonyl (C=O) groups is 2. The first-order valence-corrected chi connectivity index (χ1v) is 9.13. The molecule has 3 N–H and O–H groups in total. The normalized spacial score (nSPS) is 20.2. The van der Waals surface area contributed by atoms with E-state index in [-0.39, 0.29) is 43.9 Å². The van der Waals surface area contributed by atoms with Gasteiger partial charge >= 0.3 is 12.1 Å². The highest BCUT2D eigenvalue weighted by Crippen LogP contribution is 2.44. The predicted molar refractivity (Wildman–Crippen MR) is 108 cm³/mol. The molecule has 1 saturated heterocycles. The van der Waals surface area contributed by atoms with Gasteiger partial charge in [-0.3, -0.25) is 4.79 Å². The maximum atomic E-state index is 12.5. The number of hydrogen-bond acceptors (Lipinski definition) is 4. The monoisotopic (exact) mass is 402 g/mol. The van der Waals surface area contributed by atoms with Gasteiger partial charge in [0, 0.05) is 24.9 Å². The van der Waals surface area contributed by atoms with Crippen molar-refractivity contribution in [2.24, 2.45) is 17.6 Å². The molecule has 4 rings (SSSR count). The lowest BCUT2D eigenvalue weighted by atomic mass is 9.97. The summed E-state index contributed by atoms with van der Waals surface area (Å²) in [7, 11) is 0. The number of hydrogen-bond donors (Lipinski definition) is 2. The molecule has 148 valence electrons. The average Bonchev–Trinajstić information content (AvgIpc) is 3.26. The zero-order valence-electron chi connectivity index (χ0n) is 15.3. The van der Waals surface area contributed by atoms with Gasteiger partial charge in [-0.2, -0.15) is 0 Å². The lowest BCUT2D eigenvalue weighted by Gasteiger charge is -2.19. The Morgan fingerprint density at radius 3 is 2.11 bits per heavy atom. The molecular weight excluding hydrogens is 380 g/mol. The third-order valence-electron chi connectivity index (χ3n) is 5.66. The highest BCUT2D eigenvalue weighted by atomic mass is 35.5. The van der Waals surface area contributed by atoms with Gasteiger partial charge in [0.15, 0.2) is 0 Å². The summed E-state index contributed by atoms with van der Waals surface area (Å²) in [6.07, 6.45) is -0.473. The Balaban J connectivity index is 0.00000225. The van der Waals surface area contributed by atoms with Crippen LogP contribution in [0.15, 0.2) is 48.5 Å². The molecule has 0 bridgehead atoms. The topological polar surface area (TPSA) is 92.9 Å². The van der Waals surface area contributed by atoms with Gasteiger partial charge in [-0.05, 0) is 28.8 Å². The number of ether oxygens (including phenoxy) is 1. The number of carboxylic acid groups (broad SMARTS) is 1. The molecule has 2 aliphatic rings. The van der Waals surface area contributed by atoms with E-state index in [0.29, 0.717) is 6.54 Å². The molecule has 1 aliphatic heterocycles. The third-order valence-corrected chi connectivity index (χ3v) is 5.66. The van der Waals surface area contributed by atoms with Gasteiger partial charge in [-0.15, -0.1) is 12.4 Å². The number of amides is 1. The Kier molecular flexibility index (Phi) is 5.91. The van der Waals surface area contributed by atoms with Gasteiger partial charge in [-0.25, -0.2) is 4.79 Å². The van der Waals surface area contributed by atoms with Crippen molar-refractivity contribution in [3.63, 3.8) is 0 Å². The number of carboxylic acids is 1. The van der Waals surface area contributed by atoms with Crippen molar-refractivity contribution in [3.05, 3.63) is 59.7 Å². The molecule has 0 aromatic heterocycles. The van der Waals surface area contributed by atoms with Gasteiger partial charge in [0.25, 0.3) is 0 Å². The lowest BCUT2D eigenvalue weighted by molar-refractivity contribution is -0.142. The fraction of sp³-hybridized carbons (Fsp3) is 0.333. The van der Waals surface area contributed by atoms with Gasteiger partial charge in [0.05, 0.1) is 5.92 Å². The van der Waals surface area contributed by atoms with Crippen LogP contribution in [0.5, 0.6) is 0 Å². The van der Waals surface area contributed by atoms with Crippen LogP contribution in [-0.2, 0) is 9.53 Å². The zero-order chi connectivity index (χ0) is 19.0. The fourth-order valence-corrected chi connectivity index (χ4v) is 4.22. The second kappa shape index (κ2) is 8.20. The van der Waals surface area contributed by atoms with Gasteiger partial charge in [-0.1, -0.05) is 48.5 Å². The molecule has 2 aromatic rings. The maximum Gasteiger partial charge on any atom is 0.409 e. The number of fused-ring (bicyclic) bond motifs is 3. The van der Waals surface area contributed by atoms with E-state index in [9.17, 15) is 14.7 Å². The Hall–Kier alpha value is -2.57. The summed E-state index contributed by atoms with van der Waals surface area (Å²) >= 11 is 0. The summed E-state index contributed by atoms with van der Waals surface area (Å²) in [5, 5.41) is 9.30. The molecule has 2 aromatic carbocycles. The van der Waals surface area contributed by atoms with E-state index in [2.05, 4.69) is 24.3 Å². The van der Waals surface area contributed by atoms with Crippen LogP contribution in [0.3, 0.4) is 0 Å². The summed E-state index contributed by atoms with van der Waals surface area (Å²) in [5.41, 5.74) is 10.3. The maximum absolute atomic E-state index is 12.5. The van der Waals surface area contributed by atoms with Crippen molar-refractivity contribution in [3.8, 4) is 11.1 Å². The van der Waals surface area contributed by atoms with E-state index in [1.165, 1.54) is 16.0 Å². The minimum Gasteiger partial charge on any atom is -0.481 e. The van der Waals surface area contributed by atoms with Crippen molar-refractivity contribution in [1.82, 2.24) is 4.90 Å². The van der Waals surface area contributed by atoms with Crippen molar-refractivity contribution >= 4 is 24.5 Å². The minimum absolute atomic E-state index is 0. The molecule has 0 radical (unpaired) electrons. The van der Waals surface area contributed by atoms with E-state index in [0.717, 1.165) is 11.1 Å². The van der Waals surface area contributed by atoms with E-state index in [1.807, 2.05) is 24.3 Å².